The summed E-state index contributed by atoms with van der Waals surface area (Å²) >= 11 is 0. The van der Waals surface area contributed by atoms with Gasteiger partial charge in [0.1, 0.15) is 18.1 Å². The maximum atomic E-state index is 13.2. The summed E-state index contributed by atoms with van der Waals surface area (Å²) in [6.45, 7) is 4.84. The Morgan fingerprint density at radius 2 is 1.50 bits per heavy atom. The minimum Gasteiger partial charge on any atom is -0.453 e. The molecule has 4 unspecified atom stereocenters. The van der Waals surface area contributed by atoms with Crippen molar-refractivity contribution in [2.75, 3.05) is 14.2 Å². The summed E-state index contributed by atoms with van der Waals surface area (Å²) in [5, 5.41) is 38.7. The molecule has 0 fully saturated rings. The van der Waals surface area contributed by atoms with Gasteiger partial charge in [0.25, 0.3) is 0 Å². The van der Waals surface area contributed by atoms with Crippen molar-refractivity contribution in [3.8, 4) is 0 Å². The Balaban J connectivity index is 2.98. The predicted octanol–water partition coefficient (Wildman–Crippen LogP) is -1.16. The van der Waals surface area contributed by atoms with Crippen molar-refractivity contribution in [3.05, 3.63) is 35.9 Å². The van der Waals surface area contributed by atoms with Crippen LogP contribution < -0.4 is 21.3 Å². The van der Waals surface area contributed by atoms with E-state index < -0.39 is 61.3 Å². The molecule has 0 spiro atoms. The van der Waals surface area contributed by atoms with Gasteiger partial charge in [-0.05, 0) is 31.2 Å². The third kappa shape index (κ3) is 11.5. The lowest BCUT2D eigenvalue weighted by atomic mass is 9.76. The number of nitrogens with one attached hydrogen (secondary N) is 4. The number of benzene rings is 1. The van der Waals surface area contributed by atoms with Gasteiger partial charge >= 0.3 is 13.2 Å². The molecule has 0 aliphatic rings. The normalized spacial score (nSPS) is 14.9. The number of aliphatic hydroxyl groups excluding tert-OH is 1. The molecule has 0 bridgehead atoms. The highest BCUT2D eigenvalue weighted by atomic mass is 16.6. The monoisotopic (exact) mass is 538 g/mol. The van der Waals surface area contributed by atoms with Gasteiger partial charge in [0.2, 0.25) is 17.7 Å². The average Bonchev–Trinajstić information content (AvgIpc) is 2.88. The van der Waals surface area contributed by atoms with Crippen LogP contribution in [0.4, 0.5) is 4.79 Å². The van der Waals surface area contributed by atoms with E-state index in [0.29, 0.717) is 0 Å². The molecule has 0 aliphatic carbocycles. The second-order valence-corrected chi connectivity index (χ2v) is 9.14. The first-order chi connectivity index (χ1) is 17.9. The van der Waals surface area contributed by atoms with E-state index in [1.54, 1.807) is 44.2 Å². The summed E-state index contributed by atoms with van der Waals surface area (Å²) in [5.41, 5.74) is 0.743. The lowest BCUT2D eigenvalue weighted by Crippen LogP contribution is -2.58. The molecule has 0 saturated heterocycles. The first kappa shape index (κ1) is 32.8. The Hall–Kier alpha value is -3.20. The zero-order chi connectivity index (χ0) is 28.8. The van der Waals surface area contributed by atoms with E-state index in [1.807, 2.05) is 0 Å². The Kier molecular flexibility index (Phi) is 14.3. The summed E-state index contributed by atoms with van der Waals surface area (Å²) < 4.78 is 9.29. The van der Waals surface area contributed by atoms with Gasteiger partial charge in [0.05, 0.1) is 13.1 Å². The molecule has 0 radical (unpaired) electrons. The number of hydrogen-bond donors (Lipinski definition) is 7. The van der Waals surface area contributed by atoms with E-state index in [1.165, 1.54) is 21.1 Å². The summed E-state index contributed by atoms with van der Waals surface area (Å²) in [7, 11) is 0.541. The third-order valence-corrected chi connectivity index (χ3v) is 5.76. The number of amides is 4. The largest absolute Gasteiger partial charge is 0.475 e. The molecular formula is C24H39BN4O9. The number of methoxy groups -OCH3 is 2. The van der Waals surface area contributed by atoms with Crippen molar-refractivity contribution < 1.29 is 43.8 Å². The van der Waals surface area contributed by atoms with E-state index in [9.17, 15) is 34.3 Å². The number of carbonyl (C=O) groups excluding carboxylic acids is 4. The molecule has 1 aromatic carbocycles. The van der Waals surface area contributed by atoms with Gasteiger partial charge in [-0.15, -0.1) is 0 Å². The van der Waals surface area contributed by atoms with Gasteiger partial charge in [0.15, 0.2) is 6.29 Å². The SMILES string of the molecule is COC(=O)NC(C(=O)NC(Cc1ccccc1)C(=O)N[C@@H](C)C(=O)NC(CCC(O)OC)B(O)O)C(C)C. The maximum Gasteiger partial charge on any atom is 0.475 e. The average molecular weight is 538 g/mol. The van der Waals surface area contributed by atoms with Gasteiger partial charge in [-0.25, -0.2) is 4.79 Å². The van der Waals surface area contributed by atoms with Crippen molar-refractivity contribution in [3.63, 3.8) is 0 Å². The van der Waals surface area contributed by atoms with E-state index in [4.69, 9.17) is 4.74 Å². The minimum atomic E-state index is -1.91. The van der Waals surface area contributed by atoms with Crippen LogP contribution in [0.3, 0.4) is 0 Å². The summed E-state index contributed by atoms with van der Waals surface area (Å²) in [6, 6.07) is 5.71. The smallest absolute Gasteiger partial charge is 0.453 e. The first-order valence-electron chi connectivity index (χ1n) is 12.3. The molecule has 38 heavy (non-hydrogen) atoms. The first-order valence-corrected chi connectivity index (χ1v) is 12.3. The van der Waals surface area contributed by atoms with E-state index >= 15 is 0 Å². The van der Waals surface area contributed by atoms with Crippen LogP contribution >= 0.6 is 0 Å². The van der Waals surface area contributed by atoms with Crippen molar-refractivity contribution in [1.29, 1.82) is 0 Å². The molecule has 13 nitrogen and oxygen atoms in total. The lowest BCUT2D eigenvalue weighted by molar-refractivity contribution is -0.132. The lowest BCUT2D eigenvalue weighted by Gasteiger charge is -2.26. The maximum absolute atomic E-state index is 13.2. The van der Waals surface area contributed by atoms with Gasteiger partial charge < -0.3 is 45.9 Å². The van der Waals surface area contributed by atoms with Crippen LogP contribution in [0.15, 0.2) is 30.3 Å². The molecule has 0 aliphatic heterocycles. The predicted molar refractivity (Wildman–Crippen MR) is 138 cm³/mol. The highest BCUT2D eigenvalue weighted by Gasteiger charge is 2.32. The molecule has 14 heteroatoms. The molecule has 1 rings (SSSR count). The topological polar surface area (TPSA) is 196 Å². The summed E-state index contributed by atoms with van der Waals surface area (Å²) in [5.74, 6) is -3.43. The van der Waals surface area contributed by atoms with Crippen LogP contribution in [0.1, 0.15) is 39.2 Å². The molecule has 212 valence electrons. The Morgan fingerprint density at radius 3 is 2.03 bits per heavy atom. The van der Waals surface area contributed by atoms with Gasteiger partial charge in [-0.3, -0.25) is 14.4 Å². The Morgan fingerprint density at radius 1 is 0.868 bits per heavy atom. The van der Waals surface area contributed by atoms with Gasteiger partial charge in [0, 0.05) is 13.5 Å². The molecule has 5 atom stereocenters. The quantitative estimate of drug-likeness (QED) is 0.106. The molecule has 4 amide bonds. The van der Waals surface area contributed by atoms with Crippen molar-refractivity contribution >= 4 is 30.9 Å². The van der Waals surface area contributed by atoms with Crippen molar-refractivity contribution in [2.45, 2.75) is 70.4 Å². The second-order valence-electron chi connectivity index (χ2n) is 9.14. The van der Waals surface area contributed by atoms with Crippen molar-refractivity contribution in [2.24, 2.45) is 5.92 Å². The number of ether oxygens (including phenoxy) is 2. The molecule has 1 aromatic rings. The van der Waals surface area contributed by atoms with Crippen LogP contribution in [0.25, 0.3) is 0 Å². The standard InChI is InChI=1S/C24H39BN4O9/c1-14(2)20(29-24(34)38-5)23(33)27-17(13-16-9-7-6-8-10-16)22(32)26-15(3)21(31)28-18(25(35)36)11-12-19(30)37-4/h6-10,14-15,17-20,30,35-36H,11-13H2,1-5H3,(H,26,32)(H,27,33)(H,28,31)(H,29,34)/t15-,17?,18?,19?,20?/m0/s1. The Labute approximate surface area is 222 Å². The third-order valence-electron chi connectivity index (χ3n) is 5.76. The fourth-order valence-corrected chi connectivity index (χ4v) is 3.46. The van der Waals surface area contributed by atoms with Gasteiger partial charge in [-0.2, -0.15) is 0 Å². The minimum absolute atomic E-state index is 0.00441. The number of hydrogen-bond acceptors (Lipinski definition) is 9. The number of carbonyl (C=O) groups is 4. The zero-order valence-electron chi connectivity index (χ0n) is 22.3. The van der Waals surface area contributed by atoms with Crippen LogP contribution in [-0.2, 0) is 30.3 Å². The molecular weight excluding hydrogens is 499 g/mol. The number of alkyl carbamates (subject to hydrolysis) is 1. The molecule has 0 aromatic heterocycles. The molecule has 0 heterocycles. The van der Waals surface area contributed by atoms with Crippen LogP contribution in [0, 0.1) is 5.92 Å². The van der Waals surface area contributed by atoms with Crippen molar-refractivity contribution in [1.82, 2.24) is 21.3 Å². The number of aliphatic hydroxyl groups is 1. The summed E-state index contributed by atoms with van der Waals surface area (Å²) in [6.07, 6.45) is -1.82. The second kappa shape index (κ2) is 16.6. The van der Waals surface area contributed by atoms with E-state index in [-0.39, 0.29) is 25.2 Å². The zero-order valence-corrected chi connectivity index (χ0v) is 22.3. The van der Waals surface area contributed by atoms with Crippen LogP contribution in [-0.4, -0.2) is 90.7 Å². The Bertz CT molecular complexity index is 904. The van der Waals surface area contributed by atoms with Crippen LogP contribution in [0.5, 0.6) is 0 Å². The number of rotatable bonds is 15. The summed E-state index contributed by atoms with van der Waals surface area (Å²) in [4.78, 5) is 50.6. The molecule has 7 N–H and O–H groups in total. The fraction of sp³-hybridized carbons (Fsp3) is 0.583. The highest BCUT2D eigenvalue weighted by molar-refractivity contribution is 6.43. The van der Waals surface area contributed by atoms with E-state index in [0.717, 1.165) is 5.56 Å². The van der Waals surface area contributed by atoms with Gasteiger partial charge in [-0.1, -0.05) is 44.2 Å². The van der Waals surface area contributed by atoms with Crippen LogP contribution in [0.2, 0.25) is 0 Å². The van der Waals surface area contributed by atoms with E-state index in [2.05, 4.69) is 26.0 Å². The highest BCUT2D eigenvalue weighted by Crippen LogP contribution is 2.08. The fourth-order valence-electron chi connectivity index (χ4n) is 3.46. The molecule has 0 saturated carbocycles.